The first-order valence-electron chi connectivity index (χ1n) is 7.53. The average molecular weight is 270 g/mol. The summed E-state index contributed by atoms with van der Waals surface area (Å²) in [5.41, 5.74) is -0.0192. The fourth-order valence-electron chi connectivity index (χ4n) is 2.96. The van der Waals surface area contributed by atoms with Crippen LogP contribution in [0.4, 0.5) is 4.79 Å². The Kier molecular flexibility index (Phi) is 6.11. The maximum atomic E-state index is 12.2. The summed E-state index contributed by atoms with van der Waals surface area (Å²) in [6.07, 6.45) is 3.98. The number of hydrogen-bond acceptors (Lipinski definition) is 2. The Hall–Kier alpha value is -0.770. The third-order valence-corrected chi connectivity index (χ3v) is 4.03. The van der Waals surface area contributed by atoms with Crippen molar-refractivity contribution in [2.45, 2.75) is 58.9 Å². The molecule has 4 heteroatoms. The molecule has 0 aromatic heterocycles. The molecule has 1 aliphatic rings. The van der Waals surface area contributed by atoms with Gasteiger partial charge in [0, 0.05) is 25.2 Å². The highest BCUT2D eigenvalue weighted by atomic mass is 16.3. The van der Waals surface area contributed by atoms with Gasteiger partial charge in [-0.15, -0.1) is 0 Å². The topological polar surface area (TPSA) is 52.6 Å². The van der Waals surface area contributed by atoms with Crippen LogP contribution in [0.25, 0.3) is 0 Å². The van der Waals surface area contributed by atoms with Crippen molar-refractivity contribution in [2.24, 2.45) is 11.8 Å². The minimum Gasteiger partial charge on any atom is -0.396 e. The number of urea groups is 1. The Morgan fingerprint density at radius 1 is 1.42 bits per heavy atom. The second-order valence-corrected chi connectivity index (χ2v) is 6.76. The summed E-state index contributed by atoms with van der Waals surface area (Å²) in [6, 6.07) is 0.0502. The Bertz CT molecular complexity index is 290. The fourth-order valence-corrected chi connectivity index (χ4v) is 2.96. The van der Waals surface area contributed by atoms with Gasteiger partial charge in [0.1, 0.15) is 0 Å². The van der Waals surface area contributed by atoms with Crippen LogP contribution in [0, 0.1) is 11.8 Å². The number of aliphatic hydroxyl groups is 1. The molecule has 1 rings (SSSR count). The second kappa shape index (κ2) is 7.13. The molecule has 1 unspecified atom stereocenters. The monoisotopic (exact) mass is 270 g/mol. The molecular formula is C15H30N2O2. The van der Waals surface area contributed by atoms with E-state index < -0.39 is 0 Å². The number of amides is 2. The smallest absolute Gasteiger partial charge is 0.317 e. The van der Waals surface area contributed by atoms with Crippen LogP contribution in [0.1, 0.15) is 53.4 Å². The highest BCUT2D eigenvalue weighted by Crippen LogP contribution is 2.28. The number of carbonyl (C=O) groups is 1. The summed E-state index contributed by atoms with van der Waals surface area (Å²) in [5, 5.41) is 12.1. The standard InChI is InChI=1S/C15H30N2O2/c1-12(2)10-13(6-9-18)11-16-14(19)17-8-5-7-15(17,3)4/h12-13,18H,5-11H2,1-4H3,(H,16,19). The van der Waals surface area contributed by atoms with E-state index in [4.69, 9.17) is 5.11 Å². The van der Waals surface area contributed by atoms with Crippen molar-refractivity contribution in [3.05, 3.63) is 0 Å². The molecule has 0 aliphatic carbocycles. The van der Waals surface area contributed by atoms with E-state index in [-0.39, 0.29) is 18.2 Å². The molecule has 0 radical (unpaired) electrons. The number of carbonyl (C=O) groups excluding carboxylic acids is 1. The van der Waals surface area contributed by atoms with Crippen molar-refractivity contribution in [1.29, 1.82) is 0 Å². The molecule has 0 aromatic carbocycles. The van der Waals surface area contributed by atoms with E-state index in [1.807, 2.05) is 4.90 Å². The number of rotatable bonds is 6. The normalized spacial score (nSPS) is 19.8. The van der Waals surface area contributed by atoms with Gasteiger partial charge in [0.15, 0.2) is 0 Å². The molecule has 1 aliphatic heterocycles. The molecule has 1 fully saturated rings. The summed E-state index contributed by atoms with van der Waals surface area (Å²) in [4.78, 5) is 14.2. The molecular weight excluding hydrogens is 240 g/mol. The summed E-state index contributed by atoms with van der Waals surface area (Å²) in [7, 11) is 0. The summed E-state index contributed by atoms with van der Waals surface area (Å²) in [6.45, 7) is 10.3. The average Bonchev–Trinajstić information content (AvgIpc) is 2.65. The van der Waals surface area contributed by atoms with E-state index in [0.29, 0.717) is 18.4 Å². The van der Waals surface area contributed by atoms with Crippen LogP contribution in [0.2, 0.25) is 0 Å². The first kappa shape index (κ1) is 16.3. The third kappa shape index (κ3) is 5.01. The molecule has 0 aromatic rings. The lowest BCUT2D eigenvalue weighted by molar-refractivity contribution is 0.161. The molecule has 0 bridgehead atoms. The van der Waals surface area contributed by atoms with Gasteiger partial charge >= 0.3 is 6.03 Å². The lowest BCUT2D eigenvalue weighted by Crippen LogP contribution is -2.49. The highest BCUT2D eigenvalue weighted by molar-refractivity contribution is 5.75. The van der Waals surface area contributed by atoms with Gasteiger partial charge in [-0.2, -0.15) is 0 Å². The molecule has 1 saturated heterocycles. The zero-order chi connectivity index (χ0) is 14.5. The molecule has 2 amide bonds. The quantitative estimate of drug-likeness (QED) is 0.779. The number of likely N-dealkylation sites (tertiary alicyclic amines) is 1. The number of nitrogens with zero attached hydrogens (tertiary/aromatic N) is 1. The number of hydrogen-bond donors (Lipinski definition) is 2. The lowest BCUT2D eigenvalue weighted by Gasteiger charge is -2.32. The summed E-state index contributed by atoms with van der Waals surface area (Å²) in [5.74, 6) is 0.969. The predicted octanol–water partition coefficient (Wildman–Crippen LogP) is 2.62. The molecule has 0 spiro atoms. The van der Waals surface area contributed by atoms with E-state index in [2.05, 4.69) is 33.0 Å². The number of nitrogens with one attached hydrogen (secondary N) is 1. The Labute approximate surface area is 117 Å². The van der Waals surface area contributed by atoms with Gasteiger partial charge in [0.25, 0.3) is 0 Å². The molecule has 4 nitrogen and oxygen atoms in total. The summed E-state index contributed by atoms with van der Waals surface area (Å²) < 4.78 is 0. The Balaban J connectivity index is 2.43. The maximum absolute atomic E-state index is 12.2. The molecule has 1 heterocycles. The molecule has 1 atom stereocenters. The van der Waals surface area contributed by atoms with E-state index in [1.165, 1.54) is 0 Å². The van der Waals surface area contributed by atoms with Gasteiger partial charge in [-0.05, 0) is 51.4 Å². The lowest BCUT2D eigenvalue weighted by atomic mass is 9.94. The van der Waals surface area contributed by atoms with Crippen molar-refractivity contribution < 1.29 is 9.90 Å². The first-order chi connectivity index (χ1) is 8.86. The van der Waals surface area contributed by atoms with Gasteiger partial charge < -0.3 is 15.3 Å². The van der Waals surface area contributed by atoms with Crippen LogP contribution in [0.15, 0.2) is 0 Å². The van der Waals surface area contributed by atoms with Gasteiger partial charge in [-0.1, -0.05) is 13.8 Å². The van der Waals surface area contributed by atoms with Gasteiger partial charge in [0.2, 0.25) is 0 Å². The third-order valence-electron chi connectivity index (χ3n) is 4.03. The van der Waals surface area contributed by atoms with Crippen molar-refractivity contribution in [2.75, 3.05) is 19.7 Å². The minimum absolute atomic E-state index is 0.0192. The molecule has 112 valence electrons. The second-order valence-electron chi connectivity index (χ2n) is 6.76. The van der Waals surface area contributed by atoms with Crippen LogP contribution in [-0.4, -0.2) is 41.3 Å². The SMILES string of the molecule is CC(C)CC(CCO)CNC(=O)N1CCCC1(C)C. The zero-order valence-electron chi connectivity index (χ0n) is 12.9. The van der Waals surface area contributed by atoms with Gasteiger partial charge in [-0.3, -0.25) is 0 Å². The minimum atomic E-state index is -0.0192. The van der Waals surface area contributed by atoms with Gasteiger partial charge in [0.05, 0.1) is 0 Å². The molecule has 2 N–H and O–H groups in total. The van der Waals surface area contributed by atoms with E-state index in [0.717, 1.165) is 32.2 Å². The van der Waals surface area contributed by atoms with E-state index >= 15 is 0 Å². The summed E-state index contributed by atoms with van der Waals surface area (Å²) >= 11 is 0. The zero-order valence-corrected chi connectivity index (χ0v) is 12.9. The molecule has 19 heavy (non-hydrogen) atoms. The van der Waals surface area contributed by atoms with Gasteiger partial charge in [-0.25, -0.2) is 4.79 Å². The predicted molar refractivity (Wildman–Crippen MR) is 78.1 cm³/mol. The van der Waals surface area contributed by atoms with E-state index in [9.17, 15) is 4.79 Å². The van der Waals surface area contributed by atoms with Crippen LogP contribution >= 0.6 is 0 Å². The van der Waals surface area contributed by atoms with Crippen molar-refractivity contribution in [3.8, 4) is 0 Å². The fraction of sp³-hybridized carbons (Fsp3) is 0.933. The first-order valence-corrected chi connectivity index (χ1v) is 7.53. The van der Waals surface area contributed by atoms with Crippen LogP contribution in [0.5, 0.6) is 0 Å². The van der Waals surface area contributed by atoms with Crippen molar-refractivity contribution in [3.63, 3.8) is 0 Å². The Morgan fingerprint density at radius 3 is 2.58 bits per heavy atom. The molecule has 0 saturated carbocycles. The highest BCUT2D eigenvalue weighted by Gasteiger charge is 2.35. The number of aliphatic hydroxyl groups excluding tert-OH is 1. The van der Waals surface area contributed by atoms with Crippen molar-refractivity contribution >= 4 is 6.03 Å². The largest absolute Gasteiger partial charge is 0.396 e. The van der Waals surface area contributed by atoms with E-state index in [1.54, 1.807) is 0 Å². The van der Waals surface area contributed by atoms with Crippen LogP contribution < -0.4 is 5.32 Å². The maximum Gasteiger partial charge on any atom is 0.317 e. The van der Waals surface area contributed by atoms with Crippen LogP contribution in [0.3, 0.4) is 0 Å². The van der Waals surface area contributed by atoms with Crippen molar-refractivity contribution in [1.82, 2.24) is 10.2 Å². The van der Waals surface area contributed by atoms with Crippen LogP contribution in [-0.2, 0) is 0 Å². The Morgan fingerprint density at radius 2 is 2.11 bits per heavy atom.